The molecule has 0 bridgehead atoms. The maximum atomic E-state index is 12.7. The standard InChI is InChI=1S/C15H13F3N2O3S/c1-10(21)19-12-5-7-14(8-6-12)24(22,23)20-13-4-2-3-11(9-13)15(16,17)18/h2-9,20H,1H3,(H,19,21). The van der Waals surface area contributed by atoms with Crippen LogP contribution in [0, 0.1) is 0 Å². The van der Waals surface area contributed by atoms with Gasteiger partial charge in [-0.1, -0.05) is 6.07 Å². The molecule has 0 aliphatic heterocycles. The molecule has 0 aromatic heterocycles. The van der Waals surface area contributed by atoms with Crippen LogP contribution in [0.4, 0.5) is 24.5 Å². The molecule has 1 amide bonds. The topological polar surface area (TPSA) is 75.3 Å². The Bertz CT molecular complexity index is 847. The normalized spacial score (nSPS) is 11.8. The molecule has 0 heterocycles. The van der Waals surface area contributed by atoms with Crippen LogP contribution in [-0.2, 0) is 21.0 Å². The van der Waals surface area contributed by atoms with Crippen molar-refractivity contribution < 1.29 is 26.4 Å². The summed E-state index contributed by atoms with van der Waals surface area (Å²) in [5.41, 5.74) is -0.750. The quantitative estimate of drug-likeness (QED) is 0.879. The van der Waals surface area contributed by atoms with Crippen LogP contribution in [-0.4, -0.2) is 14.3 Å². The van der Waals surface area contributed by atoms with Crippen molar-refractivity contribution in [2.75, 3.05) is 10.0 Å². The van der Waals surface area contributed by atoms with Crippen molar-refractivity contribution in [2.24, 2.45) is 0 Å². The smallest absolute Gasteiger partial charge is 0.326 e. The fraction of sp³-hybridized carbons (Fsp3) is 0.133. The molecule has 5 nitrogen and oxygen atoms in total. The number of carbonyl (C=O) groups excluding carboxylic acids is 1. The Labute approximate surface area is 136 Å². The molecule has 0 aliphatic carbocycles. The van der Waals surface area contributed by atoms with Gasteiger partial charge in [0, 0.05) is 18.3 Å². The van der Waals surface area contributed by atoms with Crippen molar-refractivity contribution in [3.8, 4) is 0 Å². The molecule has 0 radical (unpaired) electrons. The lowest BCUT2D eigenvalue weighted by Crippen LogP contribution is -2.14. The van der Waals surface area contributed by atoms with Gasteiger partial charge >= 0.3 is 6.18 Å². The largest absolute Gasteiger partial charge is 0.416 e. The van der Waals surface area contributed by atoms with Crippen molar-refractivity contribution in [1.82, 2.24) is 0 Å². The average molecular weight is 358 g/mol. The Morgan fingerprint density at radius 1 is 1.00 bits per heavy atom. The molecule has 0 atom stereocenters. The minimum atomic E-state index is -4.57. The molecular formula is C15H13F3N2O3S. The number of hydrogen-bond donors (Lipinski definition) is 2. The van der Waals surface area contributed by atoms with E-state index >= 15 is 0 Å². The van der Waals surface area contributed by atoms with Crippen LogP contribution in [0.1, 0.15) is 12.5 Å². The van der Waals surface area contributed by atoms with E-state index in [9.17, 15) is 26.4 Å². The molecule has 2 aromatic rings. The molecule has 2 aromatic carbocycles. The van der Waals surface area contributed by atoms with Crippen LogP contribution in [0.15, 0.2) is 53.4 Å². The lowest BCUT2D eigenvalue weighted by atomic mass is 10.2. The lowest BCUT2D eigenvalue weighted by Gasteiger charge is -2.11. The van der Waals surface area contributed by atoms with E-state index in [4.69, 9.17) is 0 Å². The van der Waals surface area contributed by atoms with Gasteiger partial charge < -0.3 is 5.32 Å². The zero-order chi connectivity index (χ0) is 18.0. The Kier molecular flexibility index (Phi) is 4.83. The Balaban J connectivity index is 2.24. The fourth-order valence-corrected chi connectivity index (χ4v) is 2.94. The van der Waals surface area contributed by atoms with Crippen molar-refractivity contribution in [3.05, 3.63) is 54.1 Å². The van der Waals surface area contributed by atoms with Crippen LogP contribution < -0.4 is 10.0 Å². The molecular weight excluding hydrogens is 345 g/mol. The second-order valence-corrected chi connectivity index (χ2v) is 6.57. The highest BCUT2D eigenvalue weighted by molar-refractivity contribution is 7.92. The average Bonchev–Trinajstić information content (AvgIpc) is 2.46. The van der Waals surface area contributed by atoms with E-state index in [0.29, 0.717) is 11.8 Å². The highest BCUT2D eigenvalue weighted by Crippen LogP contribution is 2.31. The monoisotopic (exact) mass is 358 g/mol. The minimum Gasteiger partial charge on any atom is -0.326 e. The number of sulfonamides is 1. The van der Waals surface area contributed by atoms with Crippen molar-refractivity contribution in [3.63, 3.8) is 0 Å². The first-order valence-electron chi connectivity index (χ1n) is 6.66. The number of anilines is 2. The third kappa shape index (κ3) is 4.48. The summed E-state index contributed by atoms with van der Waals surface area (Å²) in [5.74, 6) is -0.312. The van der Waals surface area contributed by atoms with Gasteiger partial charge in [0.15, 0.2) is 0 Å². The molecule has 0 aliphatic rings. The summed E-state index contributed by atoms with van der Waals surface area (Å²) >= 11 is 0. The van der Waals surface area contributed by atoms with Crippen LogP contribution in [0.5, 0.6) is 0 Å². The van der Waals surface area contributed by atoms with E-state index in [0.717, 1.165) is 12.1 Å². The van der Waals surface area contributed by atoms with Crippen molar-refractivity contribution >= 4 is 27.3 Å². The highest BCUT2D eigenvalue weighted by Gasteiger charge is 2.30. The number of rotatable bonds is 4. The molecule has 9 heteroatoms. The minimum absolute atomic E-state index is 0.144. The molecule has 2 N–H and O–H groups in total. The summed E-state index contributed by atoms with van der Waals surface area (Å²) in [6, 6.07) is 9.12. The van der Waals surface area contributed by atoms with Crippen LogP contribution in [0.2, 0.25) is 0 Å². The number of alkyl halides is 3. The maximum Gasteiger partial charge on any atom is 0.416 e. The number of amides is 1. The first-order chi connectivity index (χ1) is 11.1. The van der Waals surface area contributed by atoms with E-state index in [-0.39, 0.29) is 16.5 Å². The van der Waals surface area contributed by atoms with Gasteiger partial charge in [0.25, 0.3) is 10.0 Å². The zero-order valence-electron chi connectivity index (χ0n) is 12.4. The van der Waals surface area contributed by atoms with Gasteiger partial charge in [-0.25, -0.2) is 8.42 Å². The highest BCUT2D eigenvalue weighted by atomic mass is 32.2. The summed E-state index contributed by atoms with van der Waals surface area (Å²) in [5, 5.41) is 2.48. The second kappa shape index (κ2) is 6.52. The molecule has 0 fully saturated rings. The predicted molar refractivity (Wildman–Crippen MR) is 83.0 cm³/mol. The van der Waals surface area contributed by atoms with Gasteiger partial charge in [0.2, 0.25) is 5.91 Å². The first-order valence-corrected chi connectivity index (χ1v) is 8.14. The molecule has 0 spiro atoms. The van der Waals surface area contributed by atoms with Gasteiger partial charge in [-0.15, -0.1) is 0 Å². The lowest BCUT2D eigenvalue weighted by molar-refractivity contribution is -0.137. The third-order valence-corrected chi connectivity index (χ3v) is 4.32. The van der Waals surface area contributed by atoms with E-state index in [1.54, 1.807) is 0 Å². The Hall–Kier alpha value is -2.55. The molecule has 0 unspecified atom stereocenters. The van der Waals surface area contributed by atoms with E-state index in [1.807, 2.05) is 0 Å². The summed E-state index contributed by atoms with van der Waals surface area (Å²) < 4.78 is 64.5. The molecule has 0 saturated heterocycles. The predicted octanol–water partition coefficient (Wildman–Crippen LogP) is 3.46. The molecule has 0 saturated carbocycles. The number of halogens is 3. The number of nitrogens with one attached hydrogen (secondary N) is 2. The second-order valence-electron chi connectivity index (χ2n) is 4.89. The van der Waals surface area contributed by atoms with E-state index < -0.39 is 21.8 Å². The number of benzene rings is 2. The maximum absolute atomic E-state index is 12.7. The van der Waals surface area contributed by atoms with E-state index in [1.165, 1.54) is 37.3 Å². The fourth-order valence-electron chi connectivity index (χ4n) is 1.89. The molecule has 24 heavy (non-hydrogen) atoms. The summed E-state index contributed by atoms with van der Waals surface area (Å²) in [6.45, 7) is 1.31. The van der Waals surface area contributed by atoms with Gasteiger partial charge in [0.05, 0.1) is 10.5 Å². The summed E-state index contributed by atoms with van der Waals surface area (Å²) in [7, 11) is -4.05. The summed E-state index contributed by atoms with van der Waals surface area (Å²) in [4.78, 5) is 10.8. The number of carbonyl (C=O) groups is 1. The van der Waals surface area contributed by atoms with E-state index in [2.05, 4.69) is 10.0 Å². The van der Waals surface area contributed by atoms with Crippen LogP contribution in [0.3, 0.4) is 0 Å². The zero-order valence-corrected chi connectivity index (χ0v) is 13.2. The van der Waals surface area contributed by atoms with Crippen LogP contribution >= 0.6 is 0 Å². The van der Waals surface area contributed by atoms with Crippen molar-refractivity contribution in [1.29, 1.82) is 0 Å². The first kappa shape index (κ1) is 17.8. The number of hydrogen-bond acceptors (Lipinski definition) is 3. The van der Waals surface area contributed by atoms with Gasteiger partial charge in [-0.3, -0.25) is 9.52 Å². The summed E-state index contributed by atoms with van der Waals surface area (Å²) in [6.07, 6.45) is -4.57. The Morgan fingerprint density at radius 2 is 1.62 bits per heavy atom. The SMILES string of the molecule is CC(=O)Nc1ccc(S(=O)(=O)Nc2cccc(C(F)(F)F)c2)cc1. The van der Waals surface area contributed by atoms with Crippen LogP contribution in [0.25, 0.3) is 0 Å². The van der Waals surface area contributed by atoms with Gasteiger partial charge in [-0.05, 0) is 42.5 Å². The van der Waals surface area contributed by atoms with Gasteiger partial charge in [0.1, 0.15) is 0 Å². The molecule has 128 valence electrons. The Morgan fingerprint density at radius 3 is 2.17 bits per heavy atom. The third-order valence-electron chi connectivity index (χ3n) is 2.93. The van der Waals surface area contributed by atoms with Crippen molar-refractivity contribution in [2.45, 2.75) is 18.0 Å². The molecule has 2 rings (SSSR count). The van der Waals surface area contributed by atoms with Gasteiger partial charge in [-0.2, -0.15) is 13.2 Å².